The first-order valence-electron chi connectivity index (χ1n) is 3.54. The summed E-state index contributed by atoms with van der Waals surface area (Å²) in [4.78, 5) is 0. The smallest absolute Gasteiger partial charge is 0.167 e. The number of hydrogen-bond donors (Lipinski definition) is 1. The minimum atomic E-state index is -2.85. The molecule has 1 saturated heterocycles. The van der Waals surface area contributed by atoms with Crippen molar-refractivity contribution in [3.63, 3.8) is 0 Å². The molecule has 10 heavy (non-hydrogen) atoms. The largest absolute Gasteiger partial charge is 0.315 e. The van der Waals surface area contributed by atoms with Crippen LogP contribution in [0.4, 0.5) is 0 Å². The van der Waals surface area contributed by atoms with E-state index in [-0.39, 0.29) is 5.41 Å². The van der Waals surface area contributed by atoms with Crippen molar-refractivity contribution in [2.24, 2.45) is 11.1 Å². The van der Waals surface area contributed by atoms with Crippen LogP contribution in [0.2, 0.25) is 0 Å². The van der Waals surface area contributed by atoms with Crippen LogP contribution >= 0.6 is 0 Å². The maximum atomic E-state index is 10.9. The molecule has 4 heteroatoms. The van der Waals surface area contributed by atoms with Gasteiger partial charge in [-0.2, -0.15) is 0 Å². The highest BCUT2D eigenvalue weighted by molar-refractivity contribution is 7.93. The van der Waals surface area contributed by atoms with Crippen molar-refractivity contribution in [3.05, 3.63) is 0 Å². The van der Waals surface area contributed by atoms with Crippen molar-refractivity contribution in [3.8, 4) is 0 Å². The third kappa shape index (κ3) is 0.563. The molecule has 1 aliphatic heterocycles. The lowest BCUT2D eigenvalue weighted by atomic mass is 9.69. The molecule has 1 aliphatic carbocycles. The molecule has 1 saturated carbocycles. The maximum Gasteiger partial charge on any atom is 0.167 e. The van der Waals surface area contributed by atoms with Crippen LogP contribution < -0.4 is 5.73 Å². The van der Waals surface area contributed by atoms with E-state index < -0.39 is 15.2 Å². The third-order valence-electron chi connectivity index (χ3n) is 2.83. The Morgan fingerprint density at radius 2 is 2.00 bits per heavy atom. The number of rotatable bonds is 0. The number of nitrogens with two attached hydrogens (primary N) is 1. The average Bonchev–Trinajstić information content (AvgIpc) is 1.78. The quantitative estimate of drug-likeness (QED) is 0.538. The van der Waals surface area contributed by atoms with Gasteiger partial charge in [0.1, 0.15) is 5.37 Å². The fraction of sp³-hybridized carbons (Fsp3) is 1.00. The van der Waals surface area contributed by atoms with Crippen molar-refractivity contribution in [2.75, 3.05) is 5.75 Å². The van der Waals surface area contributed by atoms with Gasteiger partial charge in [-0.25, -0.2) is 8.42 Å². The molecule has 3 nitrogen and oxygen atoms in total. The molecule has 0 aromatic carbocycles. The van der Waals surface area contributed by atoms with Crippen LogP contribution in [0.15, 0.2) is 0 Å². The van der Waals surface area contributed by atoms with E-state index in [1.165, 1.54) is 0 Å². The van der Waals surface area contributed by atoms with E-state index in [1.54, 1.807) is 0 Å². The van der Waals surface area contributed by atoms with Gasteiger partial charge in [-0.05, 0) is 12.8 Å². The van der Waals surface area contributed by atoms with Gasteiger partial charge >= 0.3 is 0 Å². The van der Waals surface area contributed by atoms with Crippen LogP contribution in [-0.4, -0.2) is 19.5 Å². The number of hydrogen-bond acceptors (Lipinski definition) is 3. The van der Waals surface area contributed by atoms with Crippen LogP contribution in [0.3, 0.4) is 0 Å². The lowest BCUT2D eigenvalue weighted by Gasteiger charge is -2.53. The van der Waals surface area contributed by atoms with Gasteiger partial charge in [0.15, 0.2) is 9.84 Å². The highest BCUT2D eigenvalue weighted by Gasteiger charge is 2.59. The molecule has 1 unspecified atom stereocenters. The minimum absolute atomic E-state index is 0.0266. The maximum absolute atomic E-state index is 10.9. The standard InChI is InChI=1S/C6H11NO2S/c7-5-6(2-1-3-6)4-10(5,8)9/h5H,1-4,7H2. The van der Waals surface area contributed by atoms with Gasteiger partial charge in [0.25, 0.3) is 0 Å². The van der Waals surface area contributed by atoms with Gasteiger partial charge in [-0.1, -0.05) is 6.42 Å². The molecule has 1 atom stereocenters. The Morgan fingerprint density at radius 1 is 1.40 bits per heavy atom. The Kier molecular flexibility index (Phi) is 1.03. The van der Waals surface area contributed by atoms with E-state index in [4.69, 9.17) is 5.73 Å². The van der Waals surface area contributed by atoms with Crippen LogP contribution in [0, 0.1) is 5.41 Å². The first-order chi connectivity index (χ1) is 4.57. The zero-order valence-corrected chi connectivity index (χ0v) is 6.52. The molecule has 58 valence electrons. The second kappa shape index (κ2) is 1.56. The molecule has 2 rings (SSSR count). The summed E-state index contributed by atoms with van der Waals surface area (Å²) in [6.45, 7) is 0. The lowest BCUT2D eigenvalue weighted by molar-refractivity contribution is 0.130. The predicted octanol–water partition coefficient (Wildman–Crippen LogP) is -0.130. The van der Waals surface area contributed by atoms with E-state index in [2.05, 4.69) is 0 Å². The van der Waals surface area contributed by atoms with E-state index >= 15 is 0 Å². The molecular formula is C6H11NO2S. The summed E-state index contributed by atoms with van der Waals surface area (Å²) in [6.07, 6.45) is 3.20. The molecule has 2 fully saturated rings. The third-order valence-corrected chi connectivity index (χ3v) is 5.08. The summed E-state index contributed by atoms with van der Waals surface area (Å²) in [6, 6.07) is 0. The Hall–Kier alpha value is -0.0900. The van der Waals surface area contributed by atoms with Crippen molar-refractivity contribution in [1.29, 1.82) is 0 Å². The molecular weight excluding hydrogens is 150 g/mol. The van der Waals surface area contributed by atoms with Crippen LogP contribution in [0.25, 0.3) is 0 Å². The molecule has 0 bridgehead atoms. The highest BCUT2D eigenvalue weighted by atomic mass is 32.2. The van der Waals surface area contributed by atoms with Crippen LogP contribution in [-0.2, 0) is 9.84 Å². The number of sulfone groups is 1. The van der Waals surface area contributed by atoms with Crippen molar-refractivity contribution in [1.82, 2.24) is 0 Å². The fourth-order valence-electron chi connectivity index (χ4n) is 1.91. The summed E-state index contributed by atoms with van der Waals surface area (Å²) in [5.41, 5.74) is 5.54. The van der Waals surface area contributed by atoms with Crippen LogP contribution in [0.1, 0.15) is 19.3 Å². The molecule has 0 amide bonds. The predicted molar refractivity (Wildman–Crippen MR) is 38.0 cm³/mol. The van der Waals surface area contributed by atoms with E-state index in [1.807, 2.05) is 0 Å². The topological polar surface area (TPSA) is 60.2 Å². The van der Waals surface area contributed by atoms with Gasteiger partial charge in [0.05, 0.1) is 5.75 Å². The van der Waals surface area contributed by atoms with E-state index in [0.29, 0.717) is 5.75 Å². The summed E-state index contributed by atoms with van der Waals surface area (Å²) >= 11 is 0. The molecule has 2 aliphatic rings. The van der Waals surface area contributed by atoms with Crippen molar-refractivity contribution in [2.45, 2.75) is 24.6 Å². The summed E-state index contributed by atoms with van der Waals surface area (Å²) in [5.74, 6) is 0.348. The fourth-order valence-corrected chi connectivity index (χ4v) is 4.15. The Bertz CT molecular complexity index is 253. The van der Waals surface area contributed by atoms with Gasteiger partial charge < -0.3 is 5.73 Å². The molecule has 2 N–H and O–H groups in total. The average molecular weight is 161 g/mol. The molecule has 0 radical (unpaired) electrons. The van der Waals surface area contributed by atoms with Gasteiger partial charge in [0, 0.05) is 5.41 Å². The van der Waals surface area contributed by atoms with E-state index in [9.17, 15) is 8.42 Å². The van der Waals surface area contributed by atoms with Gasteiger partial charge in [0.2, 0.25) is 0 Å². The Balaban J connectivity index is 2.23. The lowest BCUT2D eigenvalue weighted by Crippen LogP contribution is -2.65. The second-order valence-corrected chi connectivity index (χ2v) is 5.57. The zero-order valence-electron chi connectivity index (χ0n) is 5.71. The van der Waals surface area contributed by atoms with Gasteiger partial charge in [-0.3, -0.25) is 0 Å². The monoisotopic (exact) mass is 161 g/mol. The first kappa shape index (κ1) is 6.61. The summed E-state index contributed by atoms with van der Waals surface area (Å²) < 4.78 is 21.8. The molecule has 0 aromatic heterocycles. The second-order valence-electron chi connectivity index (χ2n) is 3.44. The van der Waals surface area contributed by atoms with Crippen molar-refractivity contribution >= 4 is 9.84 Å². The Morgan fingerprint density at radius 3 is 2.10 bits per heavy atom. The Labute approximate surface area is 60.5 Å². The van der Waals surface area contributed by atoms with Crippen molar-refractivity contribution < 1.29 is 8.42 Å². The summed E-state index contributed by atoms with van der Waals surface area (Å²) in [7, 11) is -2.85. The SMILES string of the molecule is NC1C2(CCC2)CS1(=O)=O. The first-order valence-corrected chi connectivity index (χ1v) is 5.26. The van der Waals surface area contributed by atoms with Crippen LogP contribution in [0.5, 0.6) is 0 Å². The molecule has 1 heterocycles. The minimum Gasteiger partial charge on any atom is -0.315 e. The molecule has 0 aromatic rings. The molecule has 1 spiro atoms. The van der Waals surface area contributed by atoms with Gasteiger partial charge in [-0.15, -0.1) is 0 Å². The highest BCUT2D eigenvalue weighted by Crippen LogP contribution is 2.52. The summed E-state index contributed by atoms with van der Waals surface area (Å²) in [5, 5.41) is -0.534. The van der Waals surface area contributed by atoms with E-state index in [0.717, 1.165) is 19.3 Å². The normalized spacial score (nSPS) is 40.3. The zero-order chi connectivity index (χ0) is 7.41.